The first-order chi connectivity index (χ1) is 10.1. The Morgan fingerprint density at radius 1 is 1.10 bits per heavy atom. The lowest BCUT2D eigenvalue weighted by atomic mass is 10.3. The summed E-state index contributed by atoms with van der Waals surface area (Å²) < 4.78 is 15.4. The van der Waals surface area contributed by atoms with Crippen LogP contribution in [0, 0.1) is 0 Å². The van der Waals surface area contributed by atoms with E-state index in [0.29, 0.717) is 42.1 Å². The summed E-state index contributed by atoms with van der Waals surface area (Å²) in [5.41, 5.74) is 0. The number of amides is 1. The highest BCUT2D eigenvalue weighted by Crippen LogP contribution is 2.26. The standard InChI is InChI=1S/C14H19Cl2NO4/c1-19-7-5-17(6-8-20-2)14(18)10-21-11-3-4-12(15)13(16)9-11/h3-4,9H,5-8,10H2,1-2H3. The highest BCUT2D eigenvalue weighted by atomic mass is 35.5. The number of methoxy groups -OCH3 is 2. The van der Waals surface area contributed by atoms with Gasteiger partial charge < -0.3 is 19.1 Å². The van der Waals surface area contributed by atoms with E-state index in [-0.39, 0.29) is 12.5 Å². The van der Waals surface area contributed by atoms with Crippen LogP contribution in [0.1, 0.15) is 0 Å². The minimum atomic E-state index is -0.143. The van der Waals surface area contributed by atoms with E-state index in [0.717, 1.165) is 0 Å². The number of nitrogens with zero attached hydrogens (tertiary/aromatic N) is 1. The average molecular weight is 336 g/mol. The van der Waals surface area contributed by atoms with Gasteiger partial charge in [0.25, 0.3) is 5.91 Å². The van der Waals surface area contributed by atoms with E-state index >= 15 is 0 Å². The number of ether oxygens (including phenoxy) is 3. The Hall–Kier alpha value is -1.01. The van der Waals surface area contributed by atoms with Crippen molar-refractivity contribution < 1.29 is 19.0 Å². The highest BCUT2D eigenvalue weighted by Gasteiger charge is 2.14. The SMILES string of the molecule is COCCN(CCOC)C(=O)COc1ccc(Cl)c(Cl)c1. The normalized spacial score (nSPS) is 10.5. The van der Waals surface area contributed by atoms with E-state index in [1.54, 1.807) is 37.3 Å². The van der Waals surface area contributed by atoms with Crippen molar-refractivity contribution in [2.75, 3.05) is 47.1 Å². The molecule has 0 aliphatic rings. The van der Waals surface area contributed by atoms with Crippen molar-refractivity contribution in [1.82, 2.24) is 4.90 Å². The van der Waals surface area contributed by atoms with Crippen molar-refractivity contribution in [3.05, 3.63) is 28.2 Å². The van der Waals surface area contributed by atoms with E-state index in [9.17, 15) is 4.79 Å². The first kappa shape index (κ1) is 18.0. The molecule has 0 bridgehead atoms. The number of hydrogen-bond donors (Lipinski definition) is 0. The van der Waals surface area contributed by atoms with Crippen molar-refractivity contribution in [3.63, 3.8) is 0 Å². The Labute approximate surface area is 134 Å². The molecule has 0 aliphatic heterocycles. The molecular weight excluding hydrogens is 317 g/mol. The Morgan fingerprint density at radius 3 is 2.24 bits per heavy atom. The zero-order chi connectivity index (χ0) is 15.7. The zero-order valence-corrected chi connectivity index (χ0v) is 13.6. The number of carbonyl (C=O) groups excluding carboxylic acids is 1. The average Bonchev–Trinajstić information content (AvgIpc) is 2.48. The minimum absolute atomic E-state index is 0.0780. The summed E-state index contributed by atoms with van der Waals surface area (Å²) in [5.74, 6) is 0.353. The van der Waals surface area contributed by atoms with Crippen LogP contribution in [0.4, 0.5) is 0 Å². The molecule has 0 saturated heterocycles. The summed E-state index contributed by atoms with van der Waals surface area (Å²) >= 11 is 11.7. The summed E-state index contributed by atoms with van der Waals surface area (Å²) in [7, 11) is 3.18. The van der Waals surface area contributed by atoms with E-state index in [4.69, 9.17) is 37.4 Å². The predicted octanol–water partition coefficient (Wildman–Crippen LogP) is 2.49. The molecule has 0 aromatic heterocycles. The van der Waals surface area contributed by atoms with Crippen LogP contribution in [0.3, 0.4) is 0 Å². The molecule has 1 rings (SSSR count). The number of hydrogen-bond acceptors (Lipinski definition) is 4. The molecule has 1 aromatic rings. The van der Waals surface area contributed by atoms with E-state index in [1.807, 2.05) is 0 Å². The van der Waals surface area contributed by atoms with Gasteiger partial charge in [-0.05, 0) is 12.1 Å². The molecule has 0 fully saturated rings. The van der Waals surface area contributed by atoms with Gasteiger partial charge in [0.05, 0.1) is 23.3 Å². The summed E-state index contributed by atoms with van der Waals surface area (Å²) in [6.45, 7) is 1.82. The summed E-state index contributed by atoms with van der Waals surface area (Å²) in [6.07, 6.45) is 0. The lowest BCUT2D eigenvalue weighted by Crippen LogP contribution is -2.39. The fourth-order valence-corrected chi connectivity index (χ4v) is 1.86. The first-order valence-electron chi connectivity index (χ1n) is 6.42. The van der Waals surface area contributed by atoms with Gasteiger partial charge in [0.2, 0.25) is 0 Å². The van der Waals surface area contributed by atoms with Crippen LogP contribution >= 0.6 is 23.2 Å². The van der Waals surface area contributed by atoms with Gasteiger partial charge in [-0.3, -0.25) is 4.79 Å². The topological polar surface area (TPSA) is 48.0 Å². The van der Waals surface area contributed by atoms with Crippen molar-refractivity contribution >= 4 is 29.1 Å². The molecule has 0 saturated carbocycles. The van der Waals surface area contributed by atoms with Crippen LogP contribution in [0.2, 0.25) is 10.0 Å². The van der Waals surface area contributed by atoms with Crippen LogP contribution < -0.4 is 4.74 Å². The van der Waals surface area contributed by atoms with Gasteiger partial charge in [-0.1, -0.05) is 23.2 Å². The van der Waals surface area contributed by atoms with Crippen LogP contribution in [-0.4, -0.2) is 57.9 Å². The predicted molar refractivity (Wildman–Crippen MR) is 82.3 cm³/mol. The Kier molecular flexibility index (Phi) is 8.45. The van der Waals surface area contributed by atoms with Gasteiger partial charge in [-0.25, -0.2) is 0 Å². The lowest BCUT2D eigenvalue weighted by molar-refractivity contribution is -0.134. The maximum Gasteiger partial charge on any atom is 0.260 e. The van der Waals surface area contributed by atoms with Crippen LogP contribution in [0.15, 0.2) is 18.2 Å². The highest BCUT2D eigenvalue weighted by molar-refractivity contribution is 6.42. The number of rotatable bonds is 9. The zero-order valence-electron chi connectivity index (χ0n) is 12.1. The molecule has 0 radical (unpaired) electrons. The molecule has 21 heavy (non-hydrogen) atoms. The largest absolute Gasteiger partial charge is 0.484 e. The molecule has 5 nitrogen and oxygen atoms in total. The van der Waals surface area contributed by atoms with Gasteiger partial charge in [-0.2, -0.15) is 0 Å². The maximum atomic E-state index is 12.1. The van der Waals surface area contributed by atoms with Crippen molar-refractivity contribution in [1.29, 1.82) is 0 Å². The molecule has 0 aliphatic carbocycles. The second-order valence-corrected chi connectivity index (χ2v) is 5.05. The minimum Gasteiger partial charge on any atom is -0.484 e. The van der Waals surface area contributed by atoms with Crippen LogP contribution in [0.5, 0.6) is 5.75 Å². The molecule has 0 N–H and O–H groups in total. The Bertz CT molecular complexity index is 449. The molecule has 118 valence electrons. The lowest BCUT2D eigenvalue weighted by Gasteiger charge is -2.22. The van der Waals surface area contributed by atoms with Crippen molar-refractivity contribution in [2.24, 2.45) is 0 Å². The molecular formula is C14H19Cl2NO4. The van der Waals surface area contributed by atoms with Gasteiger partial charge in [0.15, 0.2) is 6.61 Å². The summed E-state index contributed by atoms with van der Waals surface area (Å²) in [4.78, 5) is 13.7. The van der Waals surface area contributed by atoms with Crippen LogP contribution in [-0.2, 0) is 14.3 Å². The van der Waals surface area contributed by atoms with Crippen molar-refractivity contribution in [2.45, 2.75) is 0 Å². The van der Waals surface area contributed by atoms with Crippen molar-refractivity contribution in [3.8, 4) is 5.75 Å². The fraction of sp³-hybridized carbons (Fsp3) is 0.500. The third kappa shape index (κ3) is 6.52. The fourth-order valence-electron chi connectivity index (χ4n) is 1.57. The Morgan fingerprint density at radius 2 is 1.71 bits per heavy atom. The molecule has 0 spiro atoms. The number of benzene rings is 1. The second kappa shape index (κ2) is 9.84. The second-order valence-electron chi connectivity index (χ2n) is 4.23. The molecule has 0 unspecified atom stereocenters. The van der Waals surface area contributed by atoms with Gasteiger partial charge >= 0.3 is 0 Å². The molecule has 1 amide bonds. The van der Waals surface area contributed by atoms with Crippen LogP contribution in [0.25, 0.3) is 0 Å². The quantitative estimate of drug-likeness (QED) is 0.695. The first-order valence-corrected chi connectivity index (χ1v) is 7.17. The van der Waals surface area contributed by atoms with Gasteiger partial charge in [-0.15, -0.1) is 0 Å². The smallest absolute Gasteiger partial charge is 0.260 e. The summed E-state index contributed by atoms with van der Waals surface area (Å²) in [5, 5.41) is 0.828. The molecule has 0 atom stereocenters. The third-order valence-corrected chi connectivity index (χ3v) is 3.48. The number of halogens is 2. The maximum absolute atomic E-state index is 12.1. The van der Waals surface area contributed by atoms with Gasteiger partial charge in [0, 0.05) is 33.4 Å². The molecule has 7 heteroatoms. The molecule has 1 aromatic carbocycles. The van der Waals surface area contributed by atoms with Gasteiger partial charge in [0.1, 0.15) is 5.75 Å². The monoisotopic (exact) mass is 335 g/mol. The van der Waals surface area contributed by atoms with E-state index < -0.39 is 0 Å². The number of carbonyl (C=O) groups is 1. The molecule has 0 heterocycles. The third-order valence-electron chi connectivity index (χ3n) is 2.74. The Balaban J connectivity index is 2.53. The van der Waals surface area contributed by atoms with E-state index in [2.05, 4.69) is 0 Å². The van der Waals surface area contributed by atoms with E-state index in [1.165, 1.54) is 0 Å². The summed E-state index contributed by atoms with van der Waals surface area (Å²) in [6, 6.07) is 4.86.